The third-order valence-electron chi connectivity index (χ3n) is 1.70. The highest BCUT2D eigenvalue weighted by Gasteiger charge is 2.17. The van der Waals surface area contributed by atoms with E-state index < -0.39 is 0 Å². The van der Waals surface area contributed by atoms with Crippen molar-refractivity contribution < 1.29 is 9.47 Å². The molecule has 0 bridgehead atoms. The molecular formula is C9H17NO2. The molecule has 1 fully saturated rings. The van der Waals surface area contributed by atoms with Crippen LogP contribution in [0.1, 0.15) is 20.3 Å². The molecule has 0 aromatic rings. The van der Waals surface area contributed by atoms with Crippen molar-refractivity contribution >= 4 is 0 Å². The maximum Gasteiger partial charge on any atom is 0.159 e. The van der Waals surface area contributed by atoms with Gasteiger partial charge in [-0.3, -0.25) is 0 Å². The van der Waals surface area contributed by atoms with Gasteiger partial charge >= 0.3 is 0 Å². The van der Waals surface area contributed by atoms with Crippen LogP contribution in [0.25, 0.3) is 0 Å². The zero-order valence-corrected chi connectivity index (χ0v) is 7.75. The number of nitrogens with two attached hydrogens (primary N) is 1. The molecule has 2 N–H and O–H groups in total. The van der Waals surface area contributed by atoms with E-state index in [0.717, 1.165) is 6.42 Å². The quantitative estimate of drug-likeness (QED) is 0.645. The van der Waals surface area contributed by atoms with Gasteiger partial charge in [-0.1, -0.05) is 11.6 Å². The van der Waals surface area contributed by atoms with Crippen LogP contribution in [0.4, 0.5) is 0 Å². The van der Waals surface area contributed by atoms with Crippen LogP contribution in [0.3, 0.4) is 0 Å². The van der Waals surface area contributed by atoms with Crippen LogP contribution in [0, 0.1) is 0 Å². The summed E-state index contributed by atoms with van der Waals surface area (Å²) in [4.78, 5) is 0. The van der Waals surface area contributed by atoms with Gasteiger partial charge in [0.05, 0.1) is 13.2 Å². The lowest BCUT2D eigenvalue weighted by molar-refractivity contribution is -0.0481. The van der Waals surface area contributed by atoms with Gasteiger partial charge in [0.1, 0.15) is 0 Å². The summed E-state index contributed by atoms with van der Waals surface area (Å²) in [5.41, 5.74) is 7.05. The molecule has 0 radical (unpaired) electrons. The second kappa shape index (κ2) is 4.60. The maximum atomic E-state index is 5.82. The Bertz CT molecular complexity index is 158. The third kappa shape index (κ3) is 3.34. The summed E-state index contributed by atoms with van der Waals surface area (Å²) >= 11 is 0. The van der Waals surface area contributed by atoms with Crippen LogP contribution in [0.2, 0.25) is 0 Å². The van der Waals surface area contributed by atoms with E-state index >= 15 is 0 Å². The van der Waals surface area contributed by atoms with E-state index in [4.69, 9.17) is 15.2 Å². The zero-order valence-electron chi connectivity index (χ0n) is 7.75. The molecule has 1 heterocycles. The molecule has 0 spiro atoms. The number of allylic oxidation sites excluding steroid dienone is 1. The van der Waals surface area contributed by atoms with Crippen LogP contribution in [-0.2, 0) is 9.47 Å². The van der Waals surface area contributed by atoms with E-state index in [2.05, 4.69) is 0 Å². The summed E-state index contributed by atoms with van der Waals surface area (Å²) in [5, 5.41) is 0. The van der Waals surface area contributed by atoms with E-state index in [-0.39, 0.29) is 12.3 Å². The van der Waals surface area contributed by atoms with Gasteiger partial charge in [-0.25, -0.2) is 0 Å². The van der Waals surface area contributed by atoms with E-state index in [1.165, 1.54) is 5.57 Å². The van der Waals surface area contributed by atoms with Crippen LogP contribution in [0.5, 0.6) is 0 Å². The lowest BCUT2D eigenvalue weighted by Gasteiger charge is -2.12. The summed E-state index contributed by atoms with van der Waals surface area (Å²) < 4.78 is 10.5. The first-order valence-electron chi connectivity index (χ1n) is 4.32. The molecule has 70 valence electrons. The number of hydrogen-bond donors (Lipinski definition) is 1. The summed E-state index contributed by atoms with van der Waals surface area (Å²) in [6.07, 6.45) is 2.70. The fraction of sp³-hybridized carbons (Fsp3) is 0.778. The highest BCUT2D eigenvalue weighted by molar-refractivity contribution is 5.00. The Hall–Kier alpha value is -0.380. The standard InChI is InChI=1S/C9H17NO2/c1-7(2)5-8(10)6-9-11-3-4-12-9/h5,8-9H,3-4,6,10H2,1-2H3. The highest BCUT2D eigenvalue weighted by Crippen LogP contribution is 2.10. The molecule has 3 nitrogen and oxygen atoms in total. The Morgan fingerprint density at radius 1 is 1.50 bits per heavy atom. The molecule has 0 amide bonds. The number of ether oxygens (including phenoxy) is 2. The van der Waals surface area contributed by atoms with Crippen LogP contribution < -0.4 is 5.73 Å². The van der Waals surface area contributed by atoms with Crippen LogP contribution in [-0.4, -0.2) is 25.5 Å². The molecule has 0 aromatic heterocycles. The monoisotopic (exact) mass is 171 g/mol. The van der Waals surface area contributed by atoms with Crippen molar-refractivity contribution in [3.63, 3.8) is 0 Å². The minimum Gasteiger partial charge on any atom is -0.350 e. The van der Waals surface area contributed by atoms with E-state index in [1.54, 1.807) is 0 Å². The van der Waals surface area contributed by atoms with Gasteiger partial charge in [0, 0.05) is 12.5 Å². The SMILES string of the molecule is CC(C)=CC(N)CC1OCCO1. The molecule has 0 saturated carbocycles. The molecule has 1 unspecified atom stereocenters. The van der Waals surface area contributed by atoms with Crippen molar-refractivity contribution in [2.45, 2.75) is 32.6 Å². The molecule has 0 aliphatic carbocycles. The summed E-state index contributed by atoms with van der Waals surface area (Å²) in [7, 11) is 0. The normalized spacial score (nSPS) is 20.9. The third-order valence-corrected chi connectivity index (χ3v) is 1.70. The Labute approximate surface area is 73.5 Å². The van der Waals surface area contributed by atoms with E-state index in [9.17, 15) is 0 Å². The van der Waals surface area contributed by atoms with Crippen molar-refractivity contribution in [2.24, 2.45) is 5.73 Å². The van der Waals surface area contributed by atoms with Gasteiger partial charge in [-0.2, -0.15) is 0 Å². The van der Waals surface area contributed by atoms with Crippen molar-refractivity contribution in [1.82, 2.24) is 0 Å². The van der Waals surface area contributed by atoms with Crippen molar-refractivity contribution in [1.29, 1.82) is 0 Å². The first-order valence-corrected chi connectivity index (χ1v) is 4.32. The number of rotatable bonds is 3. The van der Waals surface area contributed by atoms with E-state index in [1.807, 2.05) is 19.9 Å². The molecule has 1 aliphatic rings. The topological polar surface area (TPSA) is 44.5 Å². The Balaban J connectivity index is 2.25. The minimum atomic E-state index is -0.0874. The maximum absolute atomic E-state index is 5.82. The predicted molar refractivity (Wildman–Crippen MR) is 47.7 cm³/mol. The number of hydrogen-bond acceptors (Lipinski definition) is 3. The van der Waals surface area contributed by atoms with Crippen LogP contribution >= 0.6 is 0 Å². The molecular weight excluding hydrogens is 154 g/mol. The molecule has 0 aromatic carbocycles. The molecule has 1 saturated heterocycles. The Morgan fingerprint density at radius 2 is 2.08 bits per heavy atom. The van der Waals surface area contributed by atoms with Gasteiger partial charge in [0.15, 0.2) is 6.29 Å². The summed E-state index contributed by atoms with van der Waals surface area (Å²) in [6, 6.07) is 0.0538. The fourth-order valence-corrected chi connectivity index (χ4v) is 1.26. The average molecular weight is 171 g/mol. The fourth-order valence-electron chi connectivity index (χ4n) is 1.26. The van der Waals surface area contributed by atoms with Crippen molar-refractivity contribution in [3.05, 3.63) is 11.6 Å². The Kier molecular flexibility index (Phi) is 3.72. The minimum absolute atomic E-state index is 0.0538. The zero-order chi connectivity index (χ0) is 8.97. The van der Waals surface area contributed by atoms with Gasteiger partial charge in [0.25, 0.3) is 0 Å². The smallest absolute Gasteiger partial charge is 0.159 e. The first-order chi connectivity index (χ1) is 5.68. The van der Waals surface area contributed by atoms with E-state index in [0.29, 0.717) is 13.2 Å². The molecule has 12 heavy (non-hydrogen) atoms. The van der Waals surface area contributed by atoms with Gasteiger partial charge < -0.3 is 15.2 Å². The van der Waals surface area contributed by atoms with Crippen molar-refractivity contribution in [2.75, 3.05) is 13.2 Å². The molecule has 3 heteroatoms. The second-order valence-electron chi connectivity index (χ2n) is 3.31. The highest BCUT2D eigenvalue weighted by atomic mass is 16.7. The lowest BCUT2D eigenvalue weighted by Crippen LogP contribution is -2.24. The lowest BCUT2D eigenvalue weighted by atomic mass is 10.1. The van der Waals surface area contributed by atoms with Crippen molar-refractivity contribution in [3.8, 4) is 0 Å². The largest absolute Gasteiger partial charge is 0.350 e. The average Bonchev–Trinajstić information content (AvgIpc) is 2.37. The summed E-state index contributed by atoms with van der Waals surface area (Å²) in [6.45, 7) is 5.48. The summed E-state index contributed by atoms with van der Waals surface area (Å²) in [5.74, 6) is 0. The molecule has 1 aliphatic heterocycles. The van der Waals surface area contributed by atoms with Gasteiger partial charge in [-0.15, -0.1) is 0 Å². The first kappa shape index (κ1) is 9.71. The molecule has 1 rings (SSSR count). The Morgan fingerprint density at radius 3 is 2.58 bits per heavy atom. The van der Waals surface area contributed by atoms with Gasteiger partial charge in [0.2, 0.25) is 0 Å². The second-order valence-corrected chi connectivity index (χ2v) is 3.31. The molecule has 1 atom stereocenters. The van der Waals surface area contributed by atoms with Gasteiger partial charge in [-0.05, 0) is 13.8 Å². The van der Waals surface area contributed by atoms with Crippen LogP contribution in [0.15, 0.2) is 11.6 Å². The predicted octanol–water partition coefficient (Wildman–Crippen LogP) is 1.04.